The van der Waals surface area contributed by atoms with Crippen molar-refractivity contribution >= 4 is 22.0 Å². The van der Waals surface area contributed by atoms with Crippen LogP contribution < -0.4 is 15.4 Å². The number of carbonyl (C=O) groups excluding carboxylic acids is 1. The van der Waals surface area contributed by atoms with Crippen LogP contribution in [-0.2, 0) is 21.2 Å². The Labute approximate surface area is 141 Å². The lowest BCUT2D eigenvalue weighted by atomic mass is 10.0. The molecule has 0 aliphatic carbocycles. The molecule has 4 N–H and O–H groups in total. The van der Waals surface area contributed by atoms with E-state index in [1.165, 1.54) is 7.05 Å². The number of urea groups is 1. The third-order valence-electron chi connectivity index (χ3n) is 3.33. The monoisotopic (exact) mass is 357 g/mol. The first-order valence-electron chi connectivity index (χ1n) is 7.53. The van der Waals surface area contributed by atoms with Gasteiger partial charge in [-0.3, -0.25) is 4.79 Å². The van der Waals surface area contributed by atoms with Gasteiger partial charge < -0.3 is 15.7 Å². The molecule has 0 spiro atoms. The maximum Gasteiger partial charge on any atom is 0.315 e. The normalized spacial score (nSPS) is 12.4. The van der Waals surface area contributed by atoms with E-state index in [1.54, 1.807) is 0 Å². The van der Waals surface area contributed by atoms with Gasteiger partial charge in [-0.2, -0.15) is 0 Å². The van der Waals surface area contributed by atoms with E-state index in [1.807, 2.05) is 30.3 Å². The highest BCUT2D eigenvalue weighted by Crippen LogP contribution is 2.08. The van der Waals surface area contributed by atoms with Crippen LogP contribution in [0.5, 0.6) is 0 Å². The molecule has 0 radical (unpaired) electrons. The molecule has 1 aromatic carbocycles. The number of aliphatic carboxylic acids is 1. The van der Waals surface area contributed by atoms with Crippen LogP contribution in [0.25, 0.3) is 0 Å². The maximum absolute atomic E-state index is 11.9. The number of carboxylic acids is 1. The summed E-state index contributed by atoms with van der Waals surface area (Å²) < 4.78 is 24.7. The van der Waals surface area contributed by atoms with E-state index in [2.05, 4.69) is 15.4 Å². The molecule has 0 aliphatic heterocycles. The average Bonchev–Trinajstić information content (AvgIpc) is 2.53. The second kappa shape index (κ2) is 9.89. The highest BCUT2D eigenvalue weighted by atomic mass is 32.2. The van der Waals surface area contributed by atoms with Crippen LogP contribution in [0.2, 0.25) is 0 Å². The molecule has 0 fully saturated rings. The Bertz CT molecular complexity index is 634. The molecule has 1 aromatic rings. The van der Waals surface area contributed by atoms with Gasteiger partial charge in [0.05, 0.1) is 5.75 Å². The van der Waals surface area contributed by atoms with Crippen LogP contribution in [0, 0.1) is 0 Å². The lowest BCUT2D eigenvalue weighted by Gasteiger charge is -2.18. The van der Waals surface area contributed by atoms with Crippen molar-refractivity contribution < 1.29 is 23.1 Å². The Kier molecular flexibility index (Phi) is 8.20. The summed E-state index contributed by atoms with van der Waals surface area (Å²) in [6.45, 7) is -0.0357. The lowest BCUT2D eigenvalue weighted by molar-refractivity contribution is -0.137. The van der Waals surface area contributed by atoms with Crippen LogP contribution in [0.4, 0.5) is 4.79 Å². The SMILES string of the molecule is CNS(=O)(=O)CCNC(=O)NC(CCC(=O)O)Cc1ccccc1. The van der Waals surface area contributed by atoms with E-state index in [0.717, 1.165) is 5.56 Å². The van der Waals surface area contributed by atoms with Gasteiger partial charge in [-0.25, -0.2) is 17.9 Å². The molecule has 24 heavy (non-hydrogen) atoms. The summed E-state index contributed by atoms with van der Waals surface area (Å²) in [4.78, 5) is 22.6. The summed E-state index contributed by atoms with van der Waals surface area (Å²) in [5, 5.41) is 14.0. The van der Waals surface area contributed by atoms with E-state index in [0.29, 0.717) is 6.42 Å². The van der Waals surface area contributed by atoms with Gasteiger partial charge >= 0.3 is 12.0 Å². The summed E-state index contributed by atoms with van der Waals surface area (Å²) in [6.07, 6.45) is 0.717. The van der Waals surface area contributed by atoms with Gasteiger partial charge in [0.2, 0.25) is 10.0 Å². The van der Waals surface area contributed by atoms with E-state index in [-0.39, 0.29) is 31.2 Å². The minimum Gasteiger partial charge on any atom is -0.481 e. The molecule has 0 heterocycles. The zero-order chi connectivity index (χ0) is 18.0. The molecular weight excluding hydrogens is 334 g/mol. The Morgan fingerprint density at radius 3 is 2.46 bits per heavy atom. The fourth-order valence-electron chi connectivity index (χ4n) is 2.06. The van der Waals surface area contributed by atoms with Crippen molar-refractivity contribution in [2.24, 2.45) is 0 Å². The first kappa shape index (κ1) is 19.9. The molecule has 2 amide bonds. The maximum atomic E-state index is 11.9. The van der Waals surface area contributed by atoms with Crippen LogP contribution in [-0.4, -0.2) is 50.9 Å². The molecule has 0 saturated carbocycles. The smallest absolute Gasteiger partial charge is 0.315 e. The molecular formula is C15H23N3O5S. The topological polar surface area (TPSA) is 125 Å². The second-order valence-electron chi connectivity index (χ2n) is 5.24. The van der Waals surface area contributed by atoms with E-state index < -0.39 is 22.0 Å². The number of sulfonamides is 1. The highest BCUT2D eigenvalue weighted by molar-refractivity contribution is 7.89. The number of carbonyl (C=O) groups is 2. The number of carboxylic acid groups (broad SMARTS) is 1. The molecule has 134 valence electrons. The minimum absolute atomic E-state index is 0.0357. The van der Waals surface area contributed by atoms with Gasteiger partial charge in [0, 0.05) is 19.0 Å². The van der Waals surface area contributed by atoms with Crippen molar-refractivity contribution in [3.8, 4) is 0 Å². The van der Waals surface area contributed by atoms with Crippen LogP contribution in [0.3, 0.4) is 0 Å². The summed E-state index contributed by atoms with van der Waals surface area (Å²) >= 11 is 0. The molecule has 8 nitrogen and oxygen atoms in total. The Balaban J connectivity index is 2.53. The van der Waals surface area contributed by atoms with Crippen LogP contribution in [0.1, 0.15) is 18.4 Å². The van der Waals surface area contributed by atoms with Gasteiger partial charge in [0.25, 0.3) is 0 Å². The van der Waals surface area contributed by atoms with E-state index in [9.17, 15) is 18.0 Å². The number of hydrogen-bond acceptors (Lipinski definition) is 4. The highest BCUT2D eigenvalue weighted by Gasteiger charge is 2.15. The molecule has 1 rings (SSSR count). The number of hydrogen-bond donors (Lipinski definition) is 4. The van der Waals surface area contributed by atoms with Gasteiger partial charge in [-0.1, -0.05) is 30.3 Å². The fraction of sp³-hybridized carbons (Fsp3) is 0.467. The van der Waals surface area contributed by atoms with Crippen molar-refractivity contribution in [3.05, 3.63) is 35.9 Å². The summed E-state index contributed by atoms with van der Waals surface area (Å²) in [6, 6.07) is 8.52. The van der Waals surface area contributed by atoms with E-state index >= 15 is 0 Å². The van der Waals surface area contributed by atoms with Gasteiger partial charge in [0.1, 0.15) is 0 Å². The number of rotatable bonds is 10. The van der Waals surface area contributed by atoms with Crippen LogP contribution in [0.15, 0.2) is 30.3 Å². The first-order chi connectivity index (χ1) is 11.3. The largest absolute Gasteiger partial charge is 0.481 e. The molecule has 0 aromatic heterocycles. The van der Waals surface area contributed by atoms with Crippen molar-refractivity contribution in [2.75, 3.05) is 19.3 Å². The number of benzene rings is 1. The van der Waals surface area contributed by atoms with Crippen molar-refractivity contribution in [1.82, 2.24) is 15.4 Å². The molecule has 0 bridgehead atoms. The number of amides is 2. The Hall–Kier alpha value is -2.13. The zero-order valence-electron chi connectivity index (χ0n) is 13.5. The second-order valence-corrected chi connectivity index (χ2v) is 7.29. The predicted molar refractivity (Wildman–Crippen MR) is 90.2 cm³/mol. The van der Waals surface area contributed by atoms with Crippen LogP contribution >= 0.6 is 0 Å². The molecule has 0 aliphatic rings. The summed E-state index contributed by atoms with van der Waals surface area (Å²) in [5.41, 5.74) is 0.978. The minimum atomic E-state index is -3.38. The van der Waals surface area contributed by atoms with Gasteiger partial charge in [-0.15, -0.1) is 0 Å². The van der Waals surface area contributed by atoms with Crippen molar-refractivity contribution in [1.29, 1.82) is 0 Å². The zero-order valence-corrected chi connectivity index (χ0v) is 14.3. The van der Waals surface area contributed by atoms with Gasteiger partial charge in [0.15, 0.2) is 0 Å². The average molecular weight is 357 g/mol. The van der Waals surface area contributed by atoms with Crippen molar-refractivity contribution in [3.63, 3.8) is 0 Å². The molecule has 0 saturated heterocycles. The Morgan fingerprint density at radius 2 is 1.88 bits per heavy atom. The predicted octanol–water partition coefficient (Wildman–Crippen LogP) is 0.311. The molecule has 1 atom stereocenters. The summed E-state index contributed by atoms with van der Waals surface area (Å²) in [5.74, 6) is -1.16. The number of nitrogens with one attached hydrogen (secondary N) is 3. The fourth-order valence-corrected chi connectivity index (χ4v) is 2.63. The molecule has 9 heteroatoms. The van der Waals surface area contributed by atoms with Gasteiger partial charge in [-0.05, 0) is 25.5 Å². The standard InChI is InChI=1S/C15H23N3O5S/c1-16-24(22,23)10-9-17-15(21)18-13(7-8-14(19)20)11-12-5-3-2-4-6-12/h2-6,13,16H,7-11H2,1H3,(H,19,20)(H2,17,18,21). The summed E-state index contributed by atoms with van der Waals surface area (Å²) in [7, 11) is -2.08. The Morgan fingerprint density at radius 1 is 1.21 bits per heavy atom. The lowest BCUT2D eigenvalue weighted by Crippen LogP contribution is -2.45. The third-order valence-corrected chi connectivity index (χ3v) is 4.70. The first-order valence-corrected chi connectivity index (χ1v) is 9.19. The van der Waals surface area contributed by atoms with Crippen molar-refractivity contribution in [2.45, 2.75) is 25.3 Å². The molecule has 1 unspecified atom stereocenters. The third kappa shape index (κ3) is 8.49. The van der Waals surface area contributed by atoms with E-state index in [4.69, 9.17) is 5.11 Å². The quantitative estimate of drug-likeness (QED) is 0.480.